The molecule has 5 nitrogen and oxygen atoms in total. The van der Waals surface area contributed by atoms with E-state index < -0.39 is 18.1 Å². The summed E-state index contributed by atoms with van der Waals surface area (Å²) in [5.41, 5.74) is -1.42. The molecule has 0 atom stereocenters. The Morgan fingerprint density at radius 1 is 0.317 bits per heavy atom. The quantitative estimate of drug-likeness (QED) is 0.0385. The van der Waals surface area contributed by atoms with Crippen LogP contribution in [-0.4, -0.2) is 40.5 Å². The van der Waals surface area contributed by atoms with Gasteiger partial charge in [-0.2, -0.15) is 0 Å². The molecule has 4 aromatic carbocycles. The third-order valence-electron chi connectivity index (χ3n) is 12.2. The van der Waals surface area contributed by atoms with Gasteiger partial charge in [-0.15, -0.1) is 0 Å². The summed E-state index contributed by atoms with van der Waals surface area (Å²) in [6, 6.07) is 34.6. The van der Waals surface area contributed by atoms with Gasteiger partial charge in [0.05, 0.1) is 0 Å². The van der Waals surface area contributed by atoms with Crippen LogP contribution < -0.4 is 39.7 Å². The SMILES string of the molecule is CCCCCC(C)(C)Oc1ccccc1[SiH](O[SiH](c1ccccc1OC(C)(C)CCCCC)c1ccccc1OC(C)(C)CCCCC)c1ccccc1OC(C)(C)CCCCC. The van der Waals surface area contributed by atoms with Crippen LogP contribution in [0.3, 0.4) is 0 Å². The minimum absolute atomic E-state index is 0.355. The highest BCUT2D eigenvalue weighted by Gasteiger charge is 2.37. The Morgan fingerprint density at radius 3 is 0.730 bits per heavy atom. The van der Waals surface area contributed by atoms with E-state index in [1.54, 1.807) is 0 Å². The summed E-state index contributed by atoms with van der Waals surface area (Å²) in [7, 11) is -5.33. The van der Waals surface area contributed by atoms with Gasteiger partial charge in [0.15, 0.2) is 0 Å². The maximum Gasteiger partial charge on any atom is 0.236 e. The standard InChI is InChI=1S/C56H86O5Si2/c1-13-17-29-41-53(5,6)57-45-33-21-25-37-49(45)62(50-38-26-22-34-46(50)58-54(7,8)42-30-18-14-2)61-63(51-39-27-23-35-47(51)59-55(9,10)43-31-19-15-3)52-40-28-24-36-48(52)60-56(11,12)44-32-20-16-4/h21-28,33-40,62-63H,13-20,29-32,41-44H2,1-12H3. The van der Waals surface area contributed by atoms with Crippen molar-refractivity contribution >= 4 is 38.8 Å². The third-order valence-corrected chi connectivity index (χ3v) is 18.5. The zero-order chi connectivity index (χ0) is 45.9. The lowest BCUT2D eigenvalue weighted by Gasteiger charge is -2.34. The van der Waals surface area contributed by atoms with Crippen LogP contribution in [0.4, 0.5) is 0 Å². The summed E-state index contributed by atoms with van der Waals surface area (Å²) in [6.07, 6.45) is 17.9. The molecule has 4 aromatic rings. The molecule has 63 heavy (non-hydrogen) atoms. The maximum atomic E-state index is 8.17. The van der Waals surface area contributed by atoms with Gasteiger partial charge in [-0.05, 0) is 131 Å². The van der Waals surface area contributed by atoms with Gasteiger partial charge in [0.25, 0.3) is 0 Å². The first kappa shape index (κ1) is 52.1. The molecule has 0 fully saturated rings. The molecule has 7 heteroatoms. The minimum Gasteiger partial charge on any atom is -0.488 e. The summed E-state index contributed by atoms with van der Waals surface area (Å²) in [6.45, 7) is 26.9. The first-order valence-corrected chi connectivity index (χ1v) is 28.1. The van der Waals surface area contributed by atoms with E-state index in [0.717, 1.165) is 95.1 Å². The van der Waals surface area contributed by atoms with Gasteiger partial charge >= 0.3 is 0 Å². The second kappa shape index (κ2) is 25.2. The fraction of sp³-hybridized carbons (Fsp3) is 0.571. The average molecular weight is 895 g/mol. The van der Waals surface area contributed by atoms with E-state index >= 15 is 0 Å². The molecule has 4 rings (SSSR count). The van der Waals surface area contributed by atoms with Crippen LogP contribution in [0.1, 0.15) is 186 Å². The van der Waals surface area contributed by atoms with Crippen molar-refractivity contribution in [3.05, 3.63) is 97.1 Å². The van der Waals surface area contributed by atoms with E-state index in [4.69, 9.17) is 23.1 Å². The highest BCUT2D eigenvalue weighted by atomic mass is 28.4. The Kier molecular flexibility index (Phi) is 20.9. The first-order chi connectivity index (χ1) is 30.0. The van der Waals surface area contributed by atoms with Crippen LogP contribution in [0.2, 0.25) is 0 Å². The first-order valence-electron chi connectivity index (χ1n) is 24.8. The highest BCUT2D eigenvalue weighted by Crippen LogP contribution is 2.29. The Hall–Kier alpha value is -3.53. The topological polar surface area (TPSA) is 46.2 Å². The predicted octanol–water partition coefficient (Wildman–Crippen LogP) is 13.0. The van der Waals surface area contributed by atoms with Gasteiger partial charge in [-0.25, -0.2) is 0 Å². The Balaban J connectivity index is 1.99. The van der Waals surface area contributed by atoms with Gasteiger partial charge in [0.2, 0.25) is 18.1 Å². The monoisotopic (exact) mass is 895 g/mol. The normalized spacial score (nSPS) is 12.5. The number of unbranched alkanes of at least 4 members (excludes halogenated alkanes) is 8. The smallest absolute Gasteiger partial charge is 0.236 e. The molecule has 0 unspecified atom stereocenters. The molecular weight excluding hydrogens is 809 g/mol. The van der Waals surface area contributed by atoms with Crippen LogP contribution in [0.15, 0.2) is 97.1 Å². The highest BCUT2D eigenvalue weighted by molar-refractivity contribution is 6.93. The second-order valence-corrected chi connectivity index (χ2v) is 25.4. The van der Waals surface area contributed by atoms with Gasteiger partial charge < -0.3 is 23.1 Å². The number of hydrogen-bond donors (Lipinski definition) is 0. The number of para-hydroxylation sites is 4. The molecule has 0 saturated carbocycles. The molecule has 0 radical (unpaired) electrons. The molecular formula is C56H86O5Si2. The Bertz CT molecular complexity index is 1650. The zero-order valence-corrected chi connectivity index (χ0v) is 44.1. The van der Waals surface area contributed by atoms with Gasteiger partial charge in [0.1, 0.15) is 45.4 Å². The van der Waals surface area contributed by atoms with E-state index in [2.05, 4.69) is 180 Å². The summed E-state index contributed by atoms with van der Waals surface area (Å²) >= 11 is 0. The number of rotatable bonds is 30. The Labute approximate surface area is 388 Å². The van der Waals surface area contributed by atoms with Crippen molar-refractivity contribution in [2.45, 2.75) is 208 Å². The number of ether oxygens (including phenoxy) is 4. The fourth-order valence-corrected chi connectivity index (χ4v) is 15.4. The summed E-state index contributed by atoms with van der Waals surface area (Å²) in [5.74, 6) is 3.57. The van der Waals surface area contributed by atoms with Crippen molar-refractivity contribution in [1.29, 1.82) is 0 Å². The molecule has 348 valence electrons. The van der Waals surface area contributed by atoms with E-state index in [1.807, 2.05) is 0 Å². The second-order valence-electron chi connectivity index (χ2n) is 20.3. The molecule has 0 saturated heterocycles. The van der Waals surface area contributed by atoms with Crippen LogP contribution >= 0.6 is 0 Å². The largest absolute Gasteiger partial charge is 0.488 e. The van der Waals surface area contributed by atoms with Gasteiger partial charge in [-0.1, -0.05) is 152 Å². The van der Waals surface area contributed by atoms with E-state index in [0.29, 0.717) is 0 Å². The van der Waals surface area contributed by atoms with Crippen LogP contribution in [-0.2, 0) is 4.12 Å². The lowest BCUT2D eigenvalue weighted by Crippen LogP contribution is -2.57. The summed E-state index contributed by atoms with van der Waals surface area (Å²) in [5, 5.41) is 4.48. The molecule has 0 spiro atoms. The molecule has 0 N–H and O–H groups in total. The van der Waals surface area contributed by atoms with Crippen molar-refractivity contribution in [3.8, 4) is 23.0 Å². The Morgan fingerprint density at radius 2 is 0.524 bits per heavy atom. The molecule has 0 aliphatic rings. The van der Waals surface area contributed by atoms with Crippen molar-refractivity contribution in [2.24, 2.45) is 0 Å². The van der Waals surface area contributed by atoms with Crippen molar-refractivity contribution in [3.63, 3.8) is 0 Å². The van der Waals surface area contributed by atoms with E-state index in [-0.39, 0.29) is 22.4 Å². The minimum atomic E-state index is -2.66. The van der Waals surface area contributed by atoms with Crippen molar-refractivity contribution in [1.82, 2.24) is 0 Å². The number of hydrogen-bond acceptors (Lipinski definition) is 5. The van der Waals surface area contributed by atoms with E-state index in [1.165, 1.54) is 51.4 Å². The fourth-order valence-electron chi connectivity index (χ4n) is 8.52. The number of benzene rings is 4. The molecule has 0 aliphatic heterocycles. The van der Waals surface area contributed by atoms with Crippen molar-refractivity contribution in [2.75, 3.05) is 0 Å². The van der Waals surface area contributed by atoms with Gasteiger partial charge in [0, 0.05) is 20.7 Å². The lowest BCUT2D eigenvalue weighted by atomic mass is 10.0. The zero-order valence-electron chi connectivity index (χ0n) is 41.7. The average Bonchev–Trinajstić information content (AvgIpc) is 3.22. The molecule has 0 bridgehead atoms. The molecule has 0 aromatic heterocycles. The van der Waals surface area contributed by atoms with E-state index in [9.17, 15) is 0 Å². The van der Waals surface area contributed by atoms with Crippen molar-refractivity contribution < 1.29 is 23.1 Å². The summed E-state index contributed by atoms with van der Waals surface area (Å²) in [4.78, 5) is 0. The molecule has 0 amide bonds. The molecule has 0 heterocycles. The lowest BCUT2D eigenvalue weighted by molar-refractivity contribution is 0.0967. The van der Waals surface area contributed by atoms with Crippen LogP contribution in [0, 0.1) is 0 Å². The molecule has 0 aliphatic carbocycles. The maximum absolute atomic E-state index is 8.17. The third kappa shape index (κ3) is 17.1. The van der Waals surface area contributed by atoms with Crippen LogP contribution in [0.25, 0.3) is 0 Å². The summed E-state index contributed by atoms with van der Waals surface area (Å²) < 4.78 is 36.7. The predicted molar refractivity (Wildman–Crippen MR) is 275 cm³/mol. The van der Waals surface area contributed by atoms with Gasteiger partial charge in [-0.3, -0.25) is 0 Å². The van der Waals surface area contributed by atoms with Crippen LogP contribution in [0.5, 0.6) is 23.0 Å².